The first-order valence-electron chi connectivity index (χ1n) is 10.2. The number of likely N-dealkylation sites (tertiary alicyclic amines) is 1. The Kier molecular flexibility index (Phi) is 7.31. The number of nitrogens with zero attached hydrogens (tertiary/aromatic N) is 1. The van der Waals surface area contributed by atoms with Gasteiger partial charge in [0.2, 0.25) is 11.8 Å². The van der Waals surface area contributed by atoms with Crippen LogP contribution in [0, 0.1) is 0 Å². The van der Waals surface area contributed by atoms with E-state index >= 15 is 0 Å². The zero-order valence-electron chi connectivity index (χ0n) is 16.6. The second-order valence-corrected chi connectivity index (χ2v) is 7.41. The predicted octanol–water partition coefficient (Wildman–Crippen LogP) is 0.348. The summed E-state index contributed by atoms with van der Waals surface area (Å²) in [5.41, 5.74) is 4.84. The maximum atomic E-state index is 12.3. The lowest BCUT2D eigenvalue weighted by molar-refractivity contribution is -0.898. The molecule has 7 heteroatoms. The van der Waals surface area contributed by atoms with Gasteiger partial charge in [0, 0.05) is 6.42 Å². The molecule has 0 saturated carbocycles. The lowest BCUT2D eigenvalue weighted by atomic mass is 10.1. The minimum absolute atomic E-state index is 0.0155. The van der Waals surface area contributed by atoms with Crippen molar-refractivity contribution in [3.63, 3.8) is 0 Å². The molecule has 0 aromatic heterocycles. The highest BCUT2D eigenvalue weighted by Crippen LogP contribution is 2.20. The highest BCUT2D eigenvalue weighted by atomic mass is 16.5. The molecule has 0 bridgehead atoms. The van der Waals surface area contributed by atoms with Crippen LogP contribution in [0.3, 0.4) is 0 Å². The molecule has 0 unspecified atom stereocenters. The Balaban J connectivity index is 1.46. The molecule has 3 N–H and O–H groups in total. The minimum atomic E-state index is -0.133. The summed E-state index contributed by atoms with van der Waals surface area (Å²) < 4.78 is 5.18. The number of nitrogens with one attached hydrogen (secondary N) is 3. The van der Waals surface area contributed by atoms with E-state index < -0.39 is 0 Å². The number of benzene rings is 1. The molecule has 28 heavy (non-hydrogen) atoms. The minimum Gasteiger partial charge on any atom is -0.497 e. The van der Waals surface area contributed by atoms with Crippen LogP contribution in [0.4, 0.5) is 0 Å². The molecule has 3 rings (SSSR count). The van der Waals surface area contributed by atoms with E-state index in [9.17, 15) is 9.59 Å². The molecule has 2 heterocycles. The average Bonchev–Trinajstić information content (AvgIpc) is 2.99. The van der Waals surface area contributed by atoms with E-state index in [0.29, 0.717) is 6.54 Å². The Morgan fingerprint density at radius 3 is 2.57 bits per heavy atom. The van der Waals surface area contributed by atoms with E-state index in [4.69, 9.17) is 4.74 Å². The molecular formula is C21H31N4O3+. The third-order valence-electron chi connectivity index (χ3n) is 5.35. The van der Waals surface area contributed by atoms with E-state index in [0.717, 1.165) is 23.6 Å². The summed E-state index contributed by atoms with van der Waals surface area (Å²) >= 11 is 0. The molecule has 7 nitrogen and oxygen atoms in total. The molecule has 1 aromatic rings. The first-order chi connectivity index (χ1) is 13.7. The first-order valence-corrected chi connectivity index (χ1v) is 10.2. The number of amides is 2. The molecule has 0 spiro atoms. The van der Waals surface area contributed by atoms with Gasteiger partial charge in [-0.3, -0.25) is 15.0 Å². The monoisotopic (exact) mass is 387 g/mol. The quantitative estimate of drug-likeness (QED) is 0.631. The second-order valence-electron chi connectivity index (χ2n) is 7.41. The van der Waals surface area contributed by atoms with Gasteiger partial charge in [-0.05, 0) is 61.6 Å². The summed E-state index contributed by atoms with van der Waals surface area (Å²) in [6.07, 6.45) is 7.32. The predicted molar refractivity (Wildman–Crippen MR) is 107 cm³/mol. The number of ether oxygens (including phenoxy) is 1. The number of rotatable bonds is 7. The molecule has 1 fully saturated rings. The van der Waals surface area contributed by atoms with E-state index in [1.165, 1.54) is 43.8 Å². The third-order valence-corrected chi connectivity index (χ3v) is 5.35. The van der Waals surface area contributed by atoms with Gasteiger partial charge >= 0.3 is 0 Å². The van der Waals surface area contributed by atoms with Crippen molar-refractivity contribution in [2.24, 2.45) is 0 Å². The van der Waals surface area contributed by atoms with Gasteiger partial charge in [-0.1, -0.05) is 0 Å². The van der Waals surface area contributed by atoms with Crippen molar-refractivity contribution >= 4 is 17.5 Å². The van der Waals surface area contributed by atoms with Gasteiger partial charge in [-0.2, -0.15) is 0 Å². The van der Waals surface area contributed by atoms with Crippen molar-refractivity contribution in [1.82, 2.24) is 15.8 Å². The lowest BCUT2D eigenvalue weighted by Crippen LogP contribution is -3.12. The second kappa shape index (κ2) is 10.1. The van der Waals surface area contributed by atoms with Crippen LogP contribution in [0.25, 0.3) is 5.70 Å². The molecular weight excluding hydrogens is 356 g/mol. The summed E-state index contributed by atoms with van der Waals surface area (Å²) in [7, 11) is 1.63. The largest absolute Gasteiger partial charge is 0.497 e. The fourth-order valence-corrected chi connectivity index (χ4v) is 3.69. The maximum Gasteiger partial charge on any atom is 0.245 e. The molecule has 152 valence electrons. The number of hydrogen-bond donors (Lipinski definition) is 3. The Morgan fingerprint density at radius 1 is 1.18 bits per heavy atom. The summed E-state index contributed by atoms with van der Waals surface area (Å²) in [6.45, 7) is 4.00. The number of hydrogen-bond acceptors (Lipinski definition) is 4. The molecule has 1 aromatic carbocycles. The standard InChI is InChI=1S/C21H30N4O3/c1-28-18-8-6-17(7-9-18)19-10-11-21(27)25(23-19)16-20(26)22-12-15-24-13-4-2-3-5-14-24/h6-10,23H,2-5,11-16H2,1H3,(H,22,26)/p+1. The molecule has 2 aliphatic rings. The van der Waals surface area contributed by atoms with Crippen molar-refractivity contribution in [2.45, 2.75) is 32.1 Å². The van der Waals surface area contributed by atoms with Gasteiger partial charge in [-0.25, -0.2) is 5.01 Å². The normalized spacial score (nSPS) is 18.1. The van der Waals surface area contributed by atoms with Crippen LogP contribution < -0.4 is 20.4 Å². The van der Waals surface area contributed by atoms with Crippen LogP contribution in [0.2, 0.25) is 0 Å². The Bertz CT molecular complexity index is 694. The van der Waals surface area contributed by atoms with Crippen LogP contribution >= 0.6 is 0 Å². The summed E-state index contributed by atoms with van der Waals surface area (Å²) in [6, 6.07) is 7.60. The van der Waals surface area contributed by atoms with Crippen LogP contribution in [0.15, 0.2) is 30.3 Å². The fraction of sp³-hybridized carbons (Fsp3) is 0.524. The molecule has 2 amide bonds. The number of methoxy groups -OCH3 is 1. The fourth-order valence-electron chi connectivity index (χ4n) is 3.69. The number of hydrazine groups is 1. The van der Waals surface area contributed by atoms with E-state index in [2.05, 4.69) is 10.7 Å². The maximum absolute atomic E-state index is 12.3. The average molecular weight is 388 g/mol. The first kappa shape index (κ1) is 20.2. The molecule has 0 radical (unpaired) electrons. The van der Waals surface area contributed by atoms with Crippen molar-refractivity contribution < 1.29 is 19.2 Å². The van der Waals surface area contributed by atoms with Gasteiger partial charge in [-0.15, -0.1) is 0 Å². The molecule has 1 saturated heterocycles. The lowest BCUT2D eigenvalue weighted by Gasteiger charge is -2.29. The van der Waals surface area contributed by atoms with Crippen molar-refractivity contribution in [1.29, 1.82) is 0 Å². The summed E-state index contributed by atoms with van der Waals surface area (Å²) in [5.74, 6) is 0.538. The van der Waals surface area contributed by atoms with Gasteiger partial charge in [0.1, 0.15) is 12.3 Å². The van der Waals surface area contributed by atoms with Crippen molar-refractivity contribution in [3.8, 4) is 5.75 Å². The SMILES string of the molecule is COc1ccc(C2=CCC(=O)N(CC(=O)NCC[NH+]3CCCCCC3)N2)cc1. The zero-order chi connectivity index (χ0) is 19.8. The van der Waals surface area contributed by atoms with Gasteiger partial charge < -0.3 is 15.0 Å². The van der Waals surface area contributed by atoms with Gasteiger partial charge in [0.05, 0.1) is 39.0 Å². The summed E-state index contributed by atoms with van der Waals surface area (Å²) in [5, 5.41) is 4.35. The zero-order valence-corrected chi connectivity index (χ0v) is 16.6. The summed E-state index contributed by atoms with van der Waals surface area (Å²) in [4.78, 5) is 26.0. The smallest absolute Gasteiger partial charge is 0.245 e. The van der Waals surface area contributed by atoms with Gasteiger partial charge in [0.15, 0.2) is 0 Å². The van der Waals surface area contributed by atoms with Crippen LogP contribution in [0.5, 0.6) is 5.75 Å². The van der Waals surface area contributed by atoms with Crippen molar-refractivity contribution in [2.75, 3.05) is 39.8 Å². The van der Waals surface area contributed by atoms with Crippen molar-refractivity contribution in [3.05, 3.63) is 35.9 Å². The Hall–Kier alpha value is -2.54. The Labute approximate surface area is 166 Å². The highest BCUT2D eigenvalue weighted by Gasteiger charge is 2.22. The third kappa shape index (κ3) is 5.73. The van der Waals surface area contributed by atoms with Gasteiger partial charge in [0.25, 0.3) is 0 Å². The van der Waals surface area contributed by atoms with E-state index in [-0.39, 0.29) is 24.8 Å². The van der Waals surface area contributed by atoms with Crippen LogP contribution in [-0.2, 0) is 9.59 Å². The van der Waals surface area contributed by atoms with Crippen LogP contribution in [0.1, 0.15) is 37.7 Å². The number of quaternary nitrogens is 1. The van der Waals surface area contributed by atoms with E-state index in [1.54, 1.807) is 12.0 Å². The van der Waals surface area contributed by atoms with Crippen LogP contribution in [-0.4, -0.2) is 56.7 Å². The topological polar surface area (TPSA) is 75.1 Å². The highest BCUT2D eigenvalue weighted by molar-refractivity contribution is 5.88. The Morgan fingerprint density at radius 2 is 1.89 bits per heavy atom. The van der Waals surface area contributed by atoms with E-state index in [1.807, 2.05) is 30.3 Å². The number of carbonyl (C=O) groups excluding carboxylic acids is 2. The molecule has 2 aliphatic heterocycles. The number of carbonyl (C=O) groups is 2. The molecule has 0 aliphatic carbocycles. The molecule has 0 atom stereocenters.